The first-order valence-corrected chi connectivity index (χ1v) is 9.00. The molecule has 0 aliphatic carbocycles. The molecular formula is C20H16N4OS. The van der Waals surface area contributed by atoms with E-state index >= 15 is 0 Å². The van der Waals surface area contributed by atoms with Crippen LogP contribution in [0, 0.1) is 0 Å². The summed E-state index contributed by atoms with van der Waals surface area (Å²) in [5.41, 5.74) is 3.64. The SMILES string of the molecule is CC(=O)Nc1ccc(Nc2cc(-c3csc4ccccc34)ncn2)cc1. The van der Waals surface area contributed by atoms with E-state index < -0.39 is 0 Å². The van der Waals surface area contributed by atoms with Crippen LogP contribution >= 0.6 is 11.3 Å². The predicted octanol–water partition coefficient (Wildman–Crippen LogP) is 5.06. The fraction of sp³-hybridized carbons (Fsp3) is 0.0500. The van der Waals surface area contributed by atoms with E-state index in [1.54, 1.807) is 17.7 Å². The summed E-state index contributed by atoms with van der Waals surface area (Å²) >= 11 is 1.71. The number of nitrogens with one attached hydrogen (secondary N) is 2. The lowest BCUT2D eigenvalue weighted by atomic mass is 10.1. The summed E-state index contributed by atoms with van der Waals surface area (Å²) in [6, 6.07) is 17.7. The van der Waals surface area contributed by atoms with Gasteiger partial charge in [0.2, 0.25) is 5.91 Å². The number of aromatic nitrogens is 2. The van der Waals surface area contributed by atoms with Gasteiger partial charge in [-0.2, -0.15) is 0 Å². The zero-order chi connectivity index (χ0) is 17.9. The summed E-state index contributed by atoms with van der Waals surface area (Å²) in [5, 5.41) is 9.34. The topological polar surface area (TPSA) is 66.9 Å². The van der Waals surface area contributed by atoms with Crippen molar-refractivity contribution in [2.24, 2.45) is 0 Å². The van der Waals surface area contributed by atoms with E-state index in [2.05, 4.69) is 38.1 Å². The van der Waals surface area contributed by atoms with Crippen LogP contribution in [0.4, 0.5) is 17.2 Å². The van der Waals surface area contributed by atoms with Crippen molar-refractivity contribution in [3.63, 3.8) is 0 Å². The number of hydrogen-bond donors (Lipinski definition) is 2. The van der Waals surface area contributed by atoms with E-state index in [1.165, 1.54) is 17.0 Å². The molecule has 0 aliphatic rings. The lowest BCUT2D eigenvalue weighted by Crippen LogP contribution is -2.05. The van der Waals surface area contributed by atoms with Crippen LogP contribution in [-0.2, 0) is 4.79 Å². The molecule has 26 heavy (non-hydrogen) atoms. The molecule has 1 amide bonds. The quantitative estimate of drug-likeness (QED) is 0.534. The number of benzene rings is 2. The number of rotatable bonds is 4. The fourth-order valence-electron chi connectivity index (χ4n) is 2.74. The van der Waals surface area contributed by atoms with Crippen LogP contribution in [0.25, 0.3) is 21.3 Å². The molecule has 0 radical (unpaired) electrons. The van der Waals surface area contributed by atoms with Crippen molar-refractivity contribution in [1.82, 2.24) is 9.97 Å². The van der Waals surface area contributed by atoms with Crippen LogP contribution in [0.2, 0.25) is 0 Å². The molecule has 2 N–H and O–H groups in total. The molecule has 6 heteroatoms. The lowest BCUT2D eigenvalue weighted by molar-refractivity contribution is -0.114. The van der Waals surface area contributed by atoms with E-state index in [4.69, 9.17) is 0 Å². The number of nitrogens with zero attached hydrogens (tertiary/aromatic N) is 2. The first-order valence-electron chi connectivity index (χ1n) is 8.12. The van der Waals surface area contributed by atoms with E-state index in [1.807, 2.05) is 42.5 Å². The number of anilines is 3. The molecule has 0 saturated heterocycles. The number of hydrogen-bond acceptors (Lipinski definition) is 5. The highest BCUT2D eigenvalue weighted by molar-refractivity contribution is 7.17. The van der Waals surface area contributed by atoms with Gasteiger partial charge in [0, 0.05) is 45.4 Å². The van der Waals surface area contributed by atoms with Crippen LogP contribution in [0.5, 0.6) is 0 Å². The van der Waals surface area contributed by atoms with Gasteiger partial charge in [-0.25, -0.2) is 9.97 Å². The lowest BCUT2D eigenvalue weighted by Gasteiger charge is -2.08. The normalized spacial score (nSPS) is 10.7. The van der Waals surface area contributed by atoms with Crippen LogP contribution in [0.15, 0.2) is 66.3 Å². The molecule has 0 saturated carbocycles. The first kappa shape index (κ1) is 16.2. The van der Waals surface area contributed by atoms with Crippen molar-refractivity contribution in [1.29, 1.82) is 0 Å². The molecule has 4 rings (SSSR count). The van der Waals surface area contributed by atoms with Gasteiger partial charge in [-0.15, -0.1) is 11.3 Å². The minimum Gasteiger partial charge on any atom is -0.340 e. The Bertz CT molecular complexity index is 1070. The van der Waals surface area contributed by atoms with Crippen LogP contribution in [0.1, 0.15) is 6.92 Å². The van der Waals surface area contributed by atoms with Crippen molar-refractivity contribution in [2.45, 2.75) is 6.92 Å². The summed E-state index contributed by atoms with van der Waals surface area (Å²) < 4.78 is 1.24. The average Bonchev–Trinajstić information content (AvgIpc) is 3.07. The van der Waals surface area contributed by atoms with Gasteiger partial charge in [-0.1, -0.05) is 18.2 Å². The maximum Gasteiger partial charge on any atom is 0.221 e. The second-order valence-corrected chi connectivity index (χ2v) is 6.73. The highest BCUT2D eigenvalue weighted by Gasteiger charge is 2.08. The van der Waals surface area contributed by atoms with Crippen LogP contribution < -0.4 is 10.6 Å². The number of carbonyl (C=O) groups is 1. The molecule has 0 atom stereocenters. The van der Waals surface area contributed by atoms with Gasteiger partial charge in [0.15, 0.2) is 0 Å². The number of thiophene rings is 1. The number of carbonyl (C=O) groups excluding carboxylic acids is 1. The third-order valence-electron chi connectivity index (χ3n) is 3.90. The number of fused-ring (bicyclic) bond motifs is 1. The molecule has 2 aromatic heterocycles. The Hall–Kier alpha value is -3.25. The van der Waals surface area contributed by atoms with E-state index in [0.29, 0.717) is 0 Å². The maximum absolute atomic E-state index is 11.1. The molecule has 2 heterocycles. The highest BCUT2D eigenvalue weighted by Crippen LogP contribution is 2.33. The third kappa shape index (κ3) is 3.41. The van der Waals surface area contributed by atoms with Crippen molar-refractivity contribution < 1.29 is 4.79 Å². The Morgan fingerprint density at radius 2 is 1.77 bits per heavy atom. The summed E-state index contributed by atoms with van der Waals surface area (Å²) in [6.45, 7) is 1.49. The van der Waals surface area contributed by atoms with Crippen molar-refractivity contribution >= 4 is 44.5 Å². The molecule has 0 bridgehead atoms. The van der Waals surface area contributed by atoms with Gasteiger partial charge < -0.3 is 10.6 Å². The Labute approximate surface area is 154 Å². The van der Waals surface area contributed by atoms with Crippen molar-refractivity contribution in [2.75, 3.05) is 10.6 Å². The fourth-order valence-corrected chi connectivity index (χ4v) is 3.69. The standard InChI is InChI=1S/C20H16N4OS/c1-13(25)23-14-6-8-15(9-7-14)24-20-10-18(21-12-22-20)17-11-26-19-5-3-2-4-16(17)19/h2-12H,1H3,(H,23,25)(H,21,22,24). The van der Waals surface area contributed by atoms with Gasteiger partial charge in [0.05, 0.1) is 5.69 Å². The van der Waals surface area contributed by atoms with Gasteiger partial charge in [-0.05, 0) is 30.3 Å². The molecular weight excluding hydrogens is 344 g/mol. The van der Waals surface area contributed by atoms with E-state index in [9.17, 15) is 4.79 Å². The summed E-state index contributed by atoms with van der Waals surface area (Å²) in [4.78, 5) is 19.8. The molecule has 4 aromatic rings. The second kappa shape index (κ2) is 6.93. The van der Waals surface area contributed by atoms with Crippen LogP contribution in [-0.4, -0.2) is 15.9 Å². The second-order valence-electron chi connectivity index (χ2n) is 5.82. The summed E-state index contributed by atoms with van der Waals surface area (Å²) in [6.07, 6.45) is 1.57. The molecule has 128 valence electrons. The predicted molar refractivity (Wildman–Crippen MR) is 107 cm³/mol. The first-order chi connectivity index (χ1) is 12.7. The molecule has 5 nitrogen and oxygen atoms in total. The monoisotopic (exact) mass is 360 g/mol. The number of amides is 1. The zero-order valence-electron chi connectivity index (χ0n) is 14.1. The Balaban J connectivity index is 1.59. The minimum absolute atomic E-state index is 0.0888. The average molecular weight is 360 g/mol. The van der Waals surface area contributed by atoms with E-state index in [-0.39, 0.29) is 5.91 Å². The molecule has 0 aliphatic heterocycles. The highest BCUT2D eigenvalue weighted by atomic mass is 32.1. The largest absolute Gasteiger partial charge is 0.340 e. The van der Waals surface area contributed by atoms with Gasteiger partial charge in [-0.3, -0.25) is 4.79 Å². The summed E-state index contributed by atoms with van der Waals surface area (Å²) in [7, 11) is 0. The van der Waals surface area contributed by atoms with Crippen molar-refractivity contribution in [3.8, 4) is 11.3 Å². The molecule has 0 unspecified atom stereocenters. The van der Waals surface area contributed by atoms with Gasteiger partial charge in [0.1, 0.15) is 12.1 Å². The maximum atomic E-state index is 11.1. The minimum atomic E-state index is -0.0888. The van der Waals surface area contributed by atoms with Crippen LogP contribution in [0.3, 0.4) is 0 Å². The Morgan fingerprint density at radius 1 is 1.00 bits per heavy atom. The van der Waals surface area contributed by atoms with E-state index in [0.717, 1.165) is 28.5 Å². The van der Waals surface area contributed by atoms with Gasteiger partial charge in [0.25, 0.3) is 0 Å². The molecule has 0 fully saturated rings. The molecule has 0 spiro atoms. The Kier molecular flexibility index (Phi) is 4.33. The van der Waals surface area contributed by atoms with Crippen molar-refractivity contribution in [3.05, 3.63) is 66.3 Å². The summed E-state index contributed by atoms with van der Waals surface area (Å²) in [5.74, 6) is 0.631. The molecule has 2 aromatic carbocycles. The Morgan fingerprint density at radius 3 is 2.58 bits per heavy atom. The smallest absolute Gasteiger partial charge is 0.221 e. The third-order valence-corrected chi connectivity index (χ3v) is 4.87. The van der Waals surface area contributed by atoms with Gasteiger partial charge >= 0.3 is 0 Å². The zero-order valence-corrected chi connectivity index (χ0v) is 14.9.